The molecule has 0 atom stereocenters. The van der Waals surface area contributed by atoms with Gasteiger partial charge in [0, 0.05) is 18.4 Å². The first-order chi connectivity index (χ1) is 12.3. The summed E-state index contributed by atoms with van der Waals surface area (Å²) < 4.78 is 11.3. The zero-order chi connectivity index (χ0) is 19.2. The number of carbonyl (C=O) groups excluding carboxylic acids is 1. The van der Waals surface area contributed by atoms with E-state index in [0.717, 1.165) is 41.5 Å². The number of hydrogen-bond acceptors (Lipinski definition) is 4. The SMILES string of the molecule is CCOc1ccc(CC(=O)NCCCc2oc(C(C)(C)C)nc2C)cc1. The van der Waals surface area contributed by atoms with Gasteiger partial charge in [-0.25, -0.2) is 4.98 Å². The van der Waals surface area contributed by atoms with E-state index in [4.69, 9.17) is 9.15 Å². The first kappa shape index (κ1) is 20.0. The monoisotopic (exact) mass is 358 g/mol. The number of hydrogen-bond donors (Lipinski definition) is 1. The lowest BCUT2D eigenvalue weighted by Gasteiger charge is -2.12. The van der Waals surface area contributed by atoms with Crippen LogP contribution >= 0.6 is 0 Å². The van der Waals surface area contributed by atoms with Crippen molar-refractivity contribution in [2.75, 3.05) is 13.2 Å². The maximum atomic E-state index is 12.1. The van der Waals surface area contributed by atoms with Gasteiger partial charge in [0.25, 0.3) is 0 Å². The van der Waals surface area contributed by atoms with Crippen molar-refractivity contribution in [3.63, 3.8) is 0 Å². The highest BCUT2D eigenvalue weighted by atomic mass is 16.5. The molecule has 0 saturated carbocycles. The van der Waals surface area contributed by atoms with Crippen molar-refractivity contribution in [1.82, 2.24) is 10.3 Å². The Labute approximate surface area is 156 Å². The number of aryl methyl sites for hydroxylation is 2. The number of carbonyl (C=O) groups is 1. The lowest BCUT2D eigenvalue weighted by Crippen LogP contribution is -2.26. The molecule has 2 aromatic rings. The molecule has 0 saturated heterocycles. The van der Waals surface area contributed by atoms with Crippen molar-refractivity contribution in [2.45, 2.75) is 59.3 Å². The van der Waals surface area contributed by atoms with Crippen LogP contribution in [0.5, 0.6) is 5.75 Å². The number of nitrogens with one attached hydrogen (secondary N) is 1. The van der Waals surface area contributed by atoms with Crippen LogP contribution in [0.4, 0.5) is 0 Å². The van der Waals surface area contributed by atoms with Gasteiger partial charge in [0.1, 0.15) is 11.5 Å². The minimum absolute atomic E-state index is 0.0267. The van der Waals surface area contributed by atoms with E-state index in [0.29, 0.717) is 19.6 Å². The molecule has 0 aliphatic heterocycles. The molecule has 1 aromatic carbocycles. The van der Waals surface area contributed by atoms with Crippen molar-refractivity contribution in [3.8, 4) is 5.75 Å². The van der Waals surface area contributed by atoms with E-state index < -0.39 is 0 Å². The first-order valence-electron chi connectivity index (χ1n) is 9.25. The van der Waals surface area contributed by atoms with Crippen molar-refractivity contribution < 1.29 is 13.9 Å². The summed E-state index contributed by atoms with van der Waals surface area (Å²) >= 11 is 0. The maximum absolute atomic E-state index is 12.1. The van der Waals surface area contributed by atoms with Gasteiger partial charge in [-0.05, 0) is 38.0 Å². The molecule has 5 heteroatoms. The number of amides is 1. The fourth-order valence-corrected chi connectivity index (χ4v) is 2.58. The highest BCUT2D eigenvalue weighted by Gasteiger charge is 2.22. The third-order valence-corrected chi connectivity index (χ3v) is 4.04. The molecule has 142 valence electrons. The number of aromatic nitrogens is 1. The molecule has 0 bridgehead atoms. The first-order valence-corrected chi connectivity index (χ1v) is 9.25. The lowest BCUT2D eigenvalue weighted by molar-refractivity contribution is -0.120. The van der Waals surface area contributed by atoms with Crippen LogP contribution in [0, 0.1) is 6.92 Å². The quantitative estimate of drug-likeness (QED) is 0.725. The van der Waals surface area contributed by atoms with E-state index in [-0.39, 0.29) is 11.3 Å². The van der Waals surface area contributed by atoms with Gasteiger partial charge in [0.2, 0.25) is 5.91 Å². The van der Waals surface area contributed by atoms with E-state index in [2.05, 4.69) is 31.1 Å². The summed E-state index contributed by atoms with van der Waals surface area (Å²) in [7, 11) is 0. The van der Waals surface area contributed by atoms with Crippen molar-refractivity contribution in [2.24, 2.45) is 0 Å². The van der Waals surface area contributed by atoms with Gasteiger partial charge in [-0.2, -0.15) is 0 Å². The van der Waals surface area contributed by atoms with Gasteiger partial charge in [-0.1, -0.05) is 32.9 Å². The second-order valence-corrected chi connectivity index (χ2v) is 7.48. The summed E-state index contributed by atoms with van der Waals surface area (Å²) in [5.41, 5.74) is 1.83. The Morgan fingerprint density at radius 1 is 1.23 bits per heavy atom. The number of nitrogens with zero attached hydrogens (tertiary/aromatic N) is 1. The predicted octanol–water partition coefficient (Wildman–Crippen LogP) is 3.97. The highest BCUT2D eigenvalue weighted by Crippen LogP contribution is 2.24. The van der Waals surface area contributed by atoms with Crippen molar-refractivity contribution in [1.29, 1.82) is 0 Å². The molecule has 1 amide bonds. The Morgan fingerprint density at radius 2 is 1.92 bits per heavy atom. The van der Waals surface area contributed by atoms with Crippen LogP contribution < -0.4 is 10.1 Å². The van der Waals surface area contributed by atoms with Crippen molar-refractivity contribution in [3.05, 3.63) is 47.2 Å². The Balaban J connectivity index is 1.74. The summed E-state index contributed by atoms with van der Waals surface area (Å²) in [6.45, 7) is 11.4. The molecule has 5 nitrogen and oxygen atoms in total. The Hall–Kier alpha value is -2.30. The molecule has 2 rings (SSSR count). The van der Waals surface area contributed by atoms with Gasteiger partial charge >= 0.3 is 0 Å². The van der Waals surface area contributed by atoms with Crippen LogP contribution in [0.2, 0.25) is 0 Å². The average molecular weight is 358 g/mol. The molecule has 1 heterocycles. The standard InChI is InChI=1S/C21H30N2O3/c1-6-25-17-11-9-16(10-12-17)14-19(24)22-13-7-8-18-15(2)23-20(26-18)21(3,4)5/h9-12H,6-8,13-14H2,1-5H3,(H,22,24). The second-order valence-electron chi connectivity index (χ2n) is 7.48. The van der Waals surface area contributed by atoms with E-state index in [9.17, 15) is 4.79 Å². The van der Waals surface area contributed by atoms with E-state index in [1.54, 1.807) is 0 Å². The molecule has 1 aromatic heterocycles. The molecule has 0 spiro atoms. The molecular formula is C21H30N2O3. The molecule has 1 N–H and O–H groups in total. The number of benzene rings is 1. The highest BCUT2D eigenvalue weighted by molar-refractivity contribution is 5.78. The minimum Gasteiger partial charge on any atom is -0.494 e. The fraction of sp³-hybridized carbons (Fsp3) is 0.524. The van der Waals surface area contributed by atoms with Crippen LogP contribution in [-0.4, -0.2) is 24.0 Å². The largest absolute Gasteiger partial charge is 0.494 e. The van der Waals surface area contributed by atoms with Gasteiger partial charge in [-0.15, -0.1) is 0 Å². The Kier molecular flexibility index (Phi) is 6.83. The lowest BCUT2D eigenvalue weighted by atomic mass is 9.97. The van der Waals surface area contributed by atoms with Crippen LogP contribution in [0.15, 0.2) is 28.7 Å². The Morgan fingerprint density at radius 3 is 2.50 bits per heavy atom. The summed E-state index contributed by atoms with van der Waals surface area (Å²) in [6, 6.07) is 7.64. The summed E-state index contributed by atoms with van der Waals surface area (Å²) in [6.07, 6.45) is 1.98. The van der Waals surface area contributed by atoms with Crippen LogP contribution in [0.3, 0.4) is 0 Å². The zero-order valence-corrected chi connectivity index (χ0v) is 16.5. The third kappa shape index (κ3) is 5.90. The van der Waals surface area contributed by atoms with Gasteiger partial charge in [-0.3, -0.25) is 4.79 Å². The number of rotatable bonds is 8. The van der Waals surface area contributed by atoms with Gasteiger partial charge in [0.15, 0.2) is 5.89 Å². The molecule has 0 aliphatic carbocycles. The minimum atomic E-state index is -0.0883. The molecular weight excluding hydrogens is 328 g/mol. The summed E-state index contributed by atoms with van der Waals surface area (Å²) in [5, 5.41) is 2.97. The molecule has 0 radical (unpaired) electrons. The van der Waals surface area contributed by atoms with E-state index >= 15 is 0 Å². The molecule has 0 unspecified atom stereocenters. The summed E-state index contributed by atoms with van der Waals surface area (Å²) in [4.78, 5) is 16.6. The van der Waals surface area contributed by atoms with Gasteiger partial charge < -0.3 is 14.5 Å². The fourth-order valence-electron chi connectivity index (χ4n) is 2.58. The number of oxazole rings is 1. The van der Waals surface area contributed by atoms with Crippen LogP contribution in [-0.2, 0) is 23.1 Å². The maximum Gasteiger partial charge on any atom is 0.224 e. The summed E-state index contributed by atoms with van der Waals surface area (Å²) in [5.74, 6) is 2.53. The zero-order valence-electron chi connectivity index (χ0n) is 16.5. The predicted molar refractivity (Wildman–Crippen MR) is 103 cm³/mol. The van der Waals surface area contributed by atoms with Crippen LogP contribution in [0.1, 0.15) is 57.0 Å². The molecule has 0 fully saturated rings. The van der Waals surface area contributed by atoms with E-state index in [1.165, 1.54) is 0 Å². The number of ether oxygens (including phenoxy) is 1. The van der Waals surface area contributed by atoms with Gasteiger partial charge in [0.05, 0.1) is 18.7 Å². The van der Waals surface area contributed by atoms with Crippen LogP contribution in [0.25, 0.3) is 0 Å². The Bertz CT molecular complexity index is 712. The average Bonchev–Trinajstić information content (AvgIpc) is 2.95. The second kappa shape index (κ2) is 8.88. The smallest absolute Gasteiger partial charge is 0.224 e. The topological polar surface area (TPSA) is 64.4 Å². The normalized spacial score (nSPS) is 11.4. The van der Waals surface area contributed by atoms with E-state index in [1.807, 2.05) is 38.1 Å². The third-order valence-electron chi connectivity index (χ3n) is 4.04. The van der Waals surface area contributed by atoms with Crippen molar-refractivity contribution >= 4 is 5.91 Å². The molecule has 0 aliphatic rings. The molecule has 26 heavy (non-hydrogen) atoms.